The molecule has 0 saturated carbocycles. The van der Waals surface area contributed by atoms with Crippen LogP contribution in [0.4, 0.5) is 5.82 Å². The number of halogens is 1. The molecule has 0 saturated heterocycles. The Bertz CT molecular complexity index is 299. The van der Waals surface area contributed by atoms with Gasteiger partial charge >= 0.3 is 0 Å². The summed E-state index contributed by atoms with van der Waals surface area (Å²) in [6.07, 6.45) is 3.00. The summed E-state index contributed by atoms with van der Waals surface area (Å²) in [6.45, 7) is 1.88. The van der Waals surface area contributed by atoms with Crippen molar-refractivity contribution in [2.75, 3.05) is 11.2 Å². The van der Waals surface area contributed by atoms with Gasteiger partial charge < -0.3 is 10.3 Å². The van der Waals surface area contributed by atoms with E-state index < -0.39 is 0 Å². The third-order valence-corrected chi connectivity index (χ3v) is 1.79. The number of hydrogen-bond donors (Lipinski definition) is 2. The molecule has 0 radical (unpaired) electrons. The predicted molar refractivity (Wildman–Crippen MR) is 48.7 cm³/mol. The van der Waals surface area contributed by atoms with Crippen LogP contribution in [0.25, 0.3) is 0 Å². The van der Waals surface area contributed by atoms with Crippen molar-refractivity contribution in [3.8, 4) is 0 Å². The zero-order chi connectivity index (χ0) is 8.97. The summed E-state index contributed by atoms with van der Waals surface area (Å²) in [4.78, 5) is 17.4. The highest BCUT2D eigenvalue weighted by atomic mass is 35.5. The minimum atomic E-state index is -0.227. The number of alkyl halides is 1. The molecule has 1 unspecified atom stereocenters. The standard InChI is InChI=1S/C7H10ClN3O/c1-5(4-8)11-6-7(12)10-3-2-9-6/h2-3,5H,4H2,1H3,(H,9,11)(H,10,12). The van der Waals surface area contributed by atoms with Gasteiger partial charge in [-0.3, -0.25) is 4.79 Å². The van der Waals surface area contributed by atoms with E-state index in [1.165, 1.54) is 12.4 Å². The molecule has 0 aromatic carbocycles. The van der Waals surface area contributed by atoms with E-state index in [0.717, 1.165) is 0 Å². The van der Waals surface area contributed by atoms with Gasteiger partial charge in [-0.05, 0) is 6.92 Å². The van der Waals surface area contributed by atoms with Crippen LogP contribution in [0, 0.1) is 0 Å². The molecule has 0 aliphatic rings. The Balaban J connectivity index is 2.76. The summed E-state index contributed by atoms with van der Waals surface area (Å²) >= 11 is 5.55. The largest absolute Gasteiger partial charge is 0.362 e. The Labute approximate surface area is 75.0 Å². The first kappa shape index (κ1) is 9.06. The van der Waals surface area contributed by atoms with Crippen molar-refractivity contribution >= 4 is 17.4 Å². The highest BCUT2D eigenvalue weighted by molar-refractivity contribution is 6.18. The normalized spacial score (nSPS) is 12.5. The first-order chi connectivity index (χ1) is 5.74. The van der Waals surface area contributed by atoms with Gasteiger partial charge in [0.1, 0.15) is 0 Å². The van der Waals surface area contributed by atoms with Gasteiger partial charge in [0.15, 0.2) is 5.82 Å². The average Bonchev–Trinajstić information content (AvgIpc) is 2.09. The smallest absolute Gasteiger partial charge is 0.290 e. The fraction of sp³-hybridized carbons (Fsp3) is 0.429. The van der Waals surface area contributed by atoms with Gasteiger partial charge in [-0.1, -0.05) is 0 Å². The van der Waals surface area contributed by atoms with Gasteiger partial charge in [-0.25, -0.2) is 4.98 Å². The highest BCUT2D eigenvalue weighted by Crippen LogP contribution is 1.96. The number of aromatic nitrogens is 2. The van der Waals surface area contributed by atoms with Gasteiger partial charge in [0.05, 0.1) is 0 Å². The Morgan fingerprint density at radius 3 is 3.17 bits per heavy atom. The molecule has 1 aromatic heterocycles. The van der Waals surface area contributed by atoms with Gasteiger partial charge in [-0.15, -0.1) is 11.6 Å². The molecule has 66 valence electrons. The third kappa shape index (κ3) is 2.23. The van der Waals surface area contributed by atoms with E-state index in [4.69, 9.17) is 11.6 Å². The van der Waals surface area contributed by atoms with Crippen LogP contribution in [0.3, 0.4) is 0 Å². The molecule has 12 heavy (non-hydrogen) atoms. The lowest BCUT2D eigenvalue weighted by Crippen LogP contribution is -2.23. The zero-order valence-corrected chi connectivity index (χ0v) is 7.43. The van der Waals surface area contributed by atoms with Gasteiger partial charge in [0, 0.05) is 24.3 Å². The molecule has 2 N–H and O–H groups in total. The van der Waals surface area contributed by atoms with E-state index in [0.29, 0.717) is 11.7 Å². The van der Waals surface area contributed by atoms with Crippen molar-refractivity contribution in [3.63, 3.8) is 0 Å². The van der Waals surface area contributed by atoms with Crippen molar-refractivity contribution in [1.29, 1.82) is 0 Å². The second-order valence-corrected chi connectivity index (χ2v) is 2.78. The molecule has 0 aliphatic heterocycles. The summed E-state index contributed by atoms with van der Waals surface area (Å²) in [6, 6.07) is 0.0441. The third-order valence-electron chi connectivity index (χ3n) is 1.32. The molecule has 1 rings (SSSR count). The van der Waals surface area contributed by atoms with E-state index in [1.54, 1.807) is 0 Å². The minimum Gasteiger partial charge on any atom is -0.362 e. The summed E-state index contributed by atoms with van der Waals surface area (Å²) in [5, 5.41) is 2.87. The predicted octanol–water partition coefficient (Wildman–Crippen LogP) is 0.809. The maximum absolute atomic E-state index is 11.0. The SMILES string of the molecule is CC(CCl)Nc1ncc[nH]c1=O. The molecule has 0 fully saturated rings. The molecule has 5 heteroatoms. The Hall–Kier alpha value is -1.03. The topological polar surface area (TPSA) is 57.8 Å². The maximum atomic E-state index is 11.0. The van der Waals surface area contributed by atoms with E-state index in [2.05, 4.69) is 15.3 Å². The van der Waals surface area contributed by atoms with Crippen LogP contribution in [0.2, 0.25) is 0 Å². The van der Waals surface area contributed by atoms with Crippen molar-refractivity contribution in [3.05, 3.63) is 22.7 Å². The fourth-order valence-electron chi connectivity index (χ4n) is 0.727. The van der Waals surface area contributed by atoms with Crippen LogP contribution < -0.4 is 10.9 Å². The van der Waals surface area contributed by atoms with Gasteiger partial charge in [0.2, 0.25) is 0 Å². The average molecular weight is 188 g/mol. The second kappa shape index (κ2) is 4.11. The number of aromatic amines is 1. The Morgan fingerprint density at radius 1 is 1.83 bits per heavy atom. The molecule has 0 aliphatic carbocycles. The maximum Gasteiger partial charge on any atom is 0.290 e. The zero-order valence-electron chi connectivity index (χ0n) is 6.67. The Morgan fingerprint density at radius 2 is 2.58 bits per heavy atom. The van der Waals surface area contributed by atoms with Crippen molar-refractivity contribution in [2.45, 2.75) is 13.0 Å². The number of hydrogen-bond acceptors (Lipinski definition) is 3. The molecule has 1 aromatic rings. The lowest BCUT2D eigenvalue weighted by Gasteiger charge is -2.08. The number of H-pyrrole nitrogens is 1. The van der Waals surface area contributed by atoms with Crippen molar-refractivity contribution in [2.24, 2.45) is 0 Å². The minimum absolute atomic E-state index is 0.0441. The summed E-state index contributed by atoms with van der Waals surface area (Å²) < 4.78 is 0. The molecular formula is C7H10ClN3O. The lowest BCUT2D eigenvalue weighted by atomic mass is 10.4. The van der Waals surface area contributed by atoms with Crippen LogP contribution in [0.5, 0.6) is 0 Å². The quantitative estimate of drug-likeness (QED) is 0.689. The molecule has 4 nitrogen and oxygen atoms in total. The highest BCUT2D eigenvalue weighted by Gasteiger charge is 2.03. The second-order valence-electron chi connectivity index (χ2n) is 2.47. The first-order valence-electron chi connectivity index (χ1n) is 3.60. The molecule has 0 spiro atoms. The number of nitrogens with one attached hydrogen (secondary N) is 2. The van der Waals surface area contributed by atoms with Crippen LogP contribution in [0.15, 0.2) is 17.2 Å². The molecule has 1 atom stereocenters. The number of rotatable bonds is 3. The van der Waals surface area contributed by atoms with Crippen molar-refractivity contribution < 1.29 is 0 Å². The van der Waals surface area contributed by atoms with E-state index in [9.17, 15) is 4.79 Å². The summed E-state index contributed by atoms with van der Waals surface area (Å²) in [5.41, 5.74) is -0.227. The Kier molecular flexibility index (Phi) is 3.10. The van der Waals surface area contributed by atoms with Crippen LogP contribution in [-0.2, 0) is 0 Å². The lowest BCUT2D eigenvalue weighted by molar-refractivity contribution is 0.888. The molecule has 1 heterocycles. The molecule has 0 amide bonds. The monoisotopic (exact) mass is 187 g/mol. The molecular weight excluding hydrogens is 178 g/mol. The first-order valence-corrected chi connectivity index (χ1v) is 4.13. The summed E-state index contributed by atoms with van der Waals surface area (Å²) in [7, 11) is 0. The van der Waals surface area contributed by atoms with Crippen LogP contribution in [0.1, 0.15) is 6.92 Å². The van der Waals surface area contributed by atoms with Crippen LogP contribution in [-0.4, -0.2) is 21.9 Å². The van der Waals surface area contributed by atoms with E-state index in [1.807, 2.05) is 6.92 Å². The van der Waals surface area contributed by atoms with Gasteiger partial charge in [0.25, 0.3) is 5.56 Å². The van der Waals surface area contributed by atoms with Crippen LogP contribution >= 0.6 is 11.6 Å². The summed E-state index contributed by atoms with van der Waals surface area (Å²) in [5.74, 6) is 0.751. The molecule has 0 bridgehead atoms. The van der Waals surface area contributed by atoms with Gasteiger partial charge in [-0.2, -0.15) is 0 Å². The van der Waals surface area contributed by atoms with E-state index in [-0.39, 0.29) is 11.6 Å². The fourth-order valence-corrected chi connectivity index (χ4v) is 0.804. The van der Waals surface area contributed by atoms with Crippen molar-refractivity contribution in [1.82, 2.24) is 9.97 Å². The number of nitrogens with zero attached hydrogens (tertiary/aromatic N) is 1. The van der Waals surface area contributed by atoms with E-state index >= 15 is 0 Å². The number of anilines is 1.